The monoisotopic (exact) mass is 414 g/mol. The van der Waals surface area contributed by atoms with Crippen molar-refractivity contribution in [1.29, 1.82) is 0 Å². The van der Waals surface area contributed by atoms with Gasteiger partial charge in [0.15, 0.2) is 0 Å². The zero-order chi connectivity index (χ0) is 22.0. The topological polar surface area (TPSA) is 40.5 Å². The fourth-order valence-corrected chi connectivity index (χ4v) is 5.61. The van der Waals surface area contributed by atoms with Crippen molar-refractivity contribution < 1.29 is 10.0 Å². The molecule has 5 aromatic carbocycles. The van der Waals surface area contributed by atoms with E-state index in [2.05, 4.69) is 74.5 Å². The first-order chi connectivity index (χ1) is 15.5. The largest absolute Gasteiger partial charge is 0.489 e. The van der Waals surface area contributed by atoms with E-state index in [1.165, 1.54) is 22.3 Å². The Bertz CT molecular complexity index is 1530. The average molecular weight is 414 g/mol. The number of benzene rings is 5. The lowest BCUT2D eigenvalue weighted by Crippen LogP contribution is -2.32. The maximum Gasteiger partial charge on any atom is 0.489 e. The summed E-state index contributed by atoms with van der Waals surface area (Å²) in [7, 11) is -1.57. The van der Waals surface area contributed by atoms with Gasteiger partial charge in [0.25, 0.3) is 0 Å². The van der Waals surface area contributed by atoms with Crippen LogP contribution in [0.4, 0.5) is 0 Å². The van der Waals surface area contributed by atoms with Crippen LogP contribution in [0.15, 0.2) is 91.0 Å². The van der Waals surface area contributed by atoms with Gasteiger partial charge >= 0.3 is 7.12 Å². The Morgan fingerprint density at radius 2 is 1.16 bits per heavy atom. The highest BCUT2D eigenvalue weighted by atomic mass is 16.4. The predicted octanol–water partition coefficient (Wildman–Crippen LogP) is 5.65. The first kappa shape index (κ1) is 19.3. The van der Waals surface area contributed by atoms with Crippen LogP contribution in [-0.2, 0) is 5.41 Å². The van der Waals surface area contributed by atoms with Gasteiger partial charge in [-0.25, -0.2) is 0 Å². The molecule has 6 rings (SSSR count). The molecule has 0 amide bonds. The van der Waals surface area contributed by atoms with Crippen molar-refractivity contribution >= 4 is 34.1 Å². The maximum absolute atomic E-state index is 10.5. The van der Waals surface area contributed by atoms with Crippen molar-refractivity contribution in [2.24, 2.45) is 0 Å². The van der Waals surface area contributed by atoms with E-state index in [0.717, 1.165) is 32.7 Å². The lowest BCUT2D eigenvalue weighted by Gasteiger charge is -2.23. The molecule has 0 aromatic heterocycles. The molecule has 0 fully saturated rings. The van der Waals surface area contributed by atoms with Gasteiger partial charge in [-0.2, -0.15) is 0 Å². The number of hydrogen-bond donors (Lipinski definition) is 2. The van der Waals surface area contributed by atoms with Gasteiger partial charge in [0.05, 0.1) is 0 Å². The predicted molar refractivity (Wildman–Crippen MR) is 134 cm³/mol. The molecule has 0 unspecified atom stereocenters. The van der Waals surface area contributed by atoms with Crippen molar-refractivity contribution in [3.63, 3.8) is 0 Å². The minimum absolute atomic E-state index is 0.118. The molecular weight excluding hydrogens is 391 g/mol. The molecule has 2 N–H and O–H groups in total. The molecule has 2 nitrogen and oxygen atoms in total. The summed E-state index contributed by atoms with van der Waals surface area (Å²) in [5.41, 5.74) is 7.48. The standard InChI is InChI=1S/C29H23BO2/c1-29(2)25-14-8-7-11-21(25)22-16-15-18(17-26(22)29)27-23-12-5-3-9-19(23)20-10-4-6-13-24(20)28(27)30(31)32/h3-17,31-32H,1-2H3. The number of fused-ring (bicyclic) bond motifs is 6. The van der Waals surface area contributed by atoms with Crippen molar-refractivity contribution in [3.05, 3.63) is 102 Å². The van der Waals surface area contributed by atoms with Crippen LogP contribution in [0.5, 0.6) is 0 Å². The van der Waals surface area contributed by atoms with Crippen molar-refractivity contribution in [1.82, 2.24) is 0 Å². The van der Waals surface area contributed by atoms with Gasteiger partial charge in [-0.05, 0) is 66.5 Å². The van der Waals surface area contributed by atoms with Gasteiger partial charge in [0.1, 0.15) is 0 Å². The molecule has 0 heterocycles. The Hall–Kier alpha value is -3.40. The zero-order valence-electron chi connectivity index (χ0n) is 18.1. The molecule has 0 spiro atoms. The Labute approximate surface area is 187 Å². The first-order valence-corrected chi connectivity index (χ1v) is 11.0. The van der Waals surface area contributed by atoms with Crippen LogP contribution in [0.25, 0.3) is 43.8 Å². The van der Waals surface area contributed by atoms with E-state index in [0.29, 0.717) is 5.46 Å². The quantitative estimate of drug-likeness (QED) is 0.290. The van der Waals surface area contributed by atoms with Gasteiger partial charge in [-0.15, -0.1) is 0 Å². The smallest absolute Gasteiger partial charge is 0.423 e. The van der Waals surface area contributed by atoms with Crippen molar-refractivity contribution in [2.75, 3.05) is 0 Å². The van der Waals surface area contributed by atoms with E-state index < -0.39 is 7.12 Å². The van der Waals surface area contributed by atoms with Crippen LogP contribution >= 0.6 is 0 Å². The van der Waals surface area contributed by atoms with Crippen LogP contribution < -0.4 is 5.46 Å². The fourth-order valence-electron chi connectivity index (χ4n) is 5.61. The van der Waals surface area contributed by atoms with E-state index in [-0.39, 0.29) is 5.41 Å². The third kappa shape index (κ3) is 2.56. The SMILES string of the molecule is CC1(C)c2ccccc2-c2ccc(-c3c(B(O)O)c4ccccc4c4ccccc34)cc21. The van der Waals surface area contributed by atoms with Crippen LogP contribution in [0.1, 0.15) is 25.0 Å². The lowest BCUT2D eigenvalue weighted by molar-refractivity contribution is 0.426. The maximum atomic E-state index is 10.5. The van der Waals surface area contributed by atoms with E-state index in [1.807, 2.05) is 30.3 Å². The van der Waals surface area contributed by atoms with E-state index in [1.54, 1.807) is 0 Å². The number of hydrogen-bond acceptors (Lipinski definition) is 2. The molecule has 0 radical (unpaired) electrons. The molecule has 1 aliphatic carbocycles. The van der Waals surface area contributed by atoms with E-state index in [4.69, 9.17) is 0 Å². The van der Waals surface area contributed by atoms with Gasteiger partial charge in [0, 0.05) is 5.41 Å². The minimum Gasteiger partial charge on any atom is -0.423 e. The molecule has 32 heavy (non-hydrogen) atoms. The average Bonchev–Trinajstić information content (AvgIpc) is 3.05. The lowest BCUT2D eigenvalue weighted by atomic mass is 9.70. The molecule has 0 saturated carbocycles. The van der Waals surface area contributed by atoms with Gasteiger partial charge < -0.3 is 10.0 Å². The van der Waals surface area contributed by atoms with Crippen molar-refractivity contribution in [3.8, 4) is 22.3 Å². The summed E-state index contributed by atoms with van der Waals surface area (Å²) in [6.45, 7) is 4.53. The highest BCUT2D eigenvalue weighted by Gasteiger charge is 2.35. The van der Waals surface area contributed by atoms with Crippen LogP contribution in [0.2, 0.25) is 0 Å². The molecular formula is C29H23BO2. The molecule has 0 bridgehead atoms. The summed E-state index contributed by atoms with van der Waals surface area (Å²) in [5, 5.41) is 25.1. The Morgan fingerprint density at radius 1 is 0.594 bits per heavy atom. The Morgan fingerprint density at radius 3 is 1.88 bits per heavy atom. The molecule has 5 aromatic rings. The Balaban J connectivity index is 1.72. The molecule has 0 aliphatic heterocycles. The second-order valence-corrected chi connectivity index (χ2v) is 9.18. The molecule has 1 aliphatic rings. The third-order valence-electron chi connectivity index (χ3n) is 7.10. The van der Waals surface area contributed by atoms with E-state index >= 15 is 0 Å². The normalized spacial score (nSPS) is 13.9. The van der Waals surface area contributed by atoms with Gasteiger partial charge in [-0.1, -0.05) is 98.8 Å². The van der Waals surface area contributed by atoms with Crippen LogP contribution in [-0.4, -0.2) is 17.2 Å². The second kappa shape index (κ2) is 6.80. The second-order valence-electron chi connectivity index (χ2n) is 9.18. The van der Waals surface area contributed by atoms with Crippen molar-refractivity contribution in [2.45, 2.75) is 19.3 Å². The molecule has 154 valence electrons. The van der Waals surface area contributed by atoms with E-state index in [9.17, 15) is 10.0 Å². The summed E-state index contributed by atoms with van der Waals surface area (Å²) in [6.07, 6.45) is 0. The summed E-state index contributed by atoms with van der Waals surface area (Å²) in [6, 6.07) is 31.4. The highest BCUT2D eigenvalue weighted by molar-refractivity contribution is 6.65. The molecule has 0 atom stereocenters. The molecule has 0 saturated heterocycles. The highest BCUT2D eigenvalue weighted by Crippen LogP contribution is 2.49. The van der Waals surface area contributed by atoms with Crippen LogP contribution in [0, 0.1) is 0 Å². The summed E-state index contributed by atoms with van der Waals surface area (Å²) < 4.78 is 0. The van der Waals surface area contributed by atoms with Gasteiger partial charge in [-0.3, -0.25) is 0 Å². The fraction of sp³-hybridized carbons (Fsp3) is 0.103. The zero-order valence-corrected chi connectivity index (χ0v) is 18.1. The number of rotatable bonds is 2. The summed E-state index contributed by atoms with van der Waals surface area (Å²) >= 11 is 0. The first-order valence-electron chi connectivity index (χ1n) is 11.0. The van der Waals surface area contributed by atoms with Gasteiger partial charge in [0.2, 0.25) is 0 Å². The molecule has 3 heteroatoms. The Kier molecular flexibility index (Phi) is 4.10. The third-order valence-corrected chi connectivity index (χ3v) is 7.10. The summed E-state index contributed by atoms with van der Waals surface area (Å²) in [5.74, 6) is 0. The minimum atomic E-state index is -1.57. The summed E-state index contributed by atoms with van der Waals surface area (Å²) in [4.78, 5) is 0. The van der Waals surface area contributed by atoms with Crippen LogP contribution in [0.3, 0.4) is 0 Å².